The number of aromatic nitrogens is 2. The Labute approximate surface area is 181 Å². The molecule has 0 aliphatic carbocycles. The van der Waals surface area contributed by atoms with E-state index in [4.69, 9.17) is 4.74 Å². The first-order valence-corrected chi connectivity index (χ1v) is 9.77. The van der Waals surface area contributed by atoms with Gasteiger partial charge in [0.1, 0.15) is 17.4 Å². The van der Waals surface area contributed by atoms with Gasteiger partial charge in [0.25, 0.3) is 0 Å². The third-order valence-corrected chi connectivity index (χ3v) is 4.89. The number of ketones is 1. The number of carbonyl (C=O) groups is 1. The summed E-state index contributed by atoms with van der Waals surface area (Å²) in [6, 6.07) is 8.71. The minimum absolute atomic E-state index is 0.116. The molecule has 3 rings (SSSR count). The second-order valence-corrected chi connectivity index (χ2v) is 7.26. The van der Waals surface area contributed by atoms with Crippen molar-refractivity contribution in [1.82, 2.24) is 9.97 Å². The standard InChI is InChI=1S/C24H25FN4O2/c1-6-18(30)10-17-9-15(3)20(25)12-22(17)27-23-16(4)13-26-24(29-23)28-21-11-19(31-5)8-7-14(21)2/h6-9,11-13H,1,10H2,2-5H3,(H2,26,27,28,29). The SMILES string of the molecule is C=CC(=O)Cc1cc(C)c(F)cc1Nc1nc(Nc2cc(OC)ccc2C)ncc1C. The molecule has 0 spiro atoms. The van der Waals surface area contributed by atoms with Gasteiger partial charge in [0, 0.05) is 35.6 Å². The minimum atomic E-state index is -0.366. The van der Waals surface area contributed by atoms with E-state index in [1.165, 1.54) is 12.1 Å². The number of carbonyl (C=O) groups excluding carboxylic acids is 1. The molecule has 0 saturated carbocycles. The van der Waals surface area contributed by atoms with E-state index in [0.29, 0.717) is 34.3 Å². The van der Waals surface area contributed by atoms with E-state index >= 15 is 0 Å². The Balaban J connectivity index is 1.94. The summed E-state index contributed by atoms with van der Waals surface area (Å²) in [6.07, 6.45) is 3.05. The number of aryl methyl sites for hydroxylation is 3. The van der Waals surface area contributed by atoms with E-state index in [1.807, 2.05) is 32.0 Å². The highest BCUT2D eigenvalue weighted by atomic mass is 19.1. The topological polar surface area (TPSA) is 76.1 Å². The fourth-order valence-corrected chi connectivity index (χ4v) is 3.00. The molecule has 160 valence electrons. The van der Waals surface area contributed by atoms with Gasteiger partial charge in [-0.15, -0.1) is 0 Å². The van der Waals surface area contributed by atoms with E-state index in [2.05, 4.69) is 27.2 Å². The number of methoxy groups -OCH3 is 1. The van der Waals surface area contributed by atoms with Gasteiger partial charge in [-0.2, -0.15) is 4.98 Å². The van der Waals surface area contributed by atoms with Crippen molar-refractivity contribution in [1.29, 1.82) is 0 Å². The van der Waals surface area contributed by atoms with Crippen LogP contribution in [0, 0.1) is 26.6 Å². The van der Waals surface area contributed by atoms with Crippen LogP contribution in [0.3, 0.4) is 0 Å². The number of allylic oxidation sites excluding steroid dienone is 1. The molecule has 1 aromatic heterocycles. The van der Waals surface area contributed by atoms with Gasteiger partial charge in [-0.25, -0.2) is 9.37 Å². The largest absolute Gasteiger partial charge is 0.497 e. The highest BCUT2D eigenvalue weighted by Gasteiger charge is 2.13. The van der Waals surface area contributed by atoms with Crippen molar-refractivity contribution in [2.24, 2.45) is 0 Å². The average Bonchev–Trinajstić information content (AvgIpc) is 2.75. The summed E-state index contributed by atoms with van der Waals surface area (Å²) in [7, 11) is 1.61. The van der Waals surface area contributed by atoms with Crippen molar-refractivity contribution < 1.29 is 13.9 Å². The van der Waals surface area contributed by atoms with Crippen LogP contribution in [0.1, 0.15) is 22.3 Å². The number of halogens is 1. The van der Waals surface area contributed by atoms with Crippen molar-refractivity contribution in [3.05, 3.63) is 77.3 Å². The second kappa shape index (κ2) is 9.38. The van der Waals surface area contributed by atoms with Crippen molar-refractivity contribution in [2.75, 3.05) is 17.7 Å². The summed E-state index contributed by atoms with van der Waals surface area (Å²) < 4.78 is 19.5. The molecular formula is C24H25FN4O2. The Morgan fingerprint density at radius 3 is 2.58 bits per heavy atom. The number of benzene rings is 2. The van der Waals surface area contributed by atoms with E-state index in [0.717, 1.165) is 16.8 Å². The van der Waals surface area contributed by atoms with Gasteiger partial charge in [0.15, 0.2) is 5.78 Å². The predicted molar refractivity (Wildman–Crippen MR) is 121 cm³/mol. The molecule has 0 radical (unpaired) electrons. The lowest BCUT2D eigenvalue weighted by Gasteiger charge is -2.15. The van der Waals surface area contributed by atoms with Crippen molar-refractivity contribution in [2.45, 2.75) is 27.2 Å². The Bertz CT molecular complexity index is 1140. The van der Waals surface area contributed by atoms with Crippen molar-refractivity contribution >= 4 is 28.9 Å². The zero-order valence-corrected chi connectivity index (χ0v) is 18.0. The maximum atomic E-state index is 14.3. The zero-order valence-electron chi connectivity index (χ0n) is 18.0. The molecule has 0 bridgehead atoms. The summed E-state index contributed by atoms with van der Waals surface area (Å²) in [6.45, 7) is 8.99. The van der Waals surface area contributed by atoms with Crippen molar-refractivity contribution in [3.8, 4) is 5.75 Å². The van der Waals surface area contributed by atoms with Gasteiger partial charge in [0.2, 0.25) is 5.95 Å². The summed E-state index contributed by atoms with van der Waals surface area (Å²) in [5, 5.41) is 6.35. The number of hydrogen-bond donors (Lipinski definition) is 2. The molecule has 0 saturated heterocycles. The fraction of sp³-hybridized carbons (Fsp3) is 0.208. The second-order valence-electron chi connectivity index (χ2n) is 7.26. The number of nitrogens with one attached hydrogen (secondary N) is 2. The third-order valence-electron chi connectivity index (χ3n) is 4.89. The van der Waals surface area contributed by atoms with Crippen LogP contribution >= 0.6 is 0 Å². The lowest BCUT2D eigenvalue weighted by molar-refractivity contribution is -0.114. The molecule has 0 unspecified atom stereocenters. The van der Waals surface area contributed by atoms with Crippen LogP contribution in [0.4, 0.5) is 27.5 Å². The van der Waals surface area contributed by atoms with Gasteiger partial charge in [-0.1, -0.05) is 18.7 Å². The Kier molecular flexibility index (Phi) is 6.65. The van der Waals surface area contributed by atoms with E-state index in [-0.39, 0.29) is 18.0 Å². The first kappa shape index (κ1) is 22.0. The first-order chi connectivity index (χ1) is 14.8. The third kappa shape index (κ3) is 5.25. The molecule has 0 aliphatic rings. The quantitative estimate of drug-likeness (QED) is 0.480. The number of rotatable bonds is 8. The van der Waals surface area contributed by atoms with E-state index in [1.54, 1.807) is 26.3 Å². The van der Waals surface area contributed by atoms with Crippen LogP contribution in [0.25, 0.3) is 0 Å². The van der Waals surface area contributed by atoms with Gasteiger partial charge < -0.3 is 15.4 Å². The lowest BCUT2D eigenvalue weighted by atomic mass is 10.0. The van der Waals surface area contributed by atoms with Crippen molar-refractivity contribution in [3.63, 3.8) is 0 Å². The molecule has 0 atom stereocenters. The highest BCUT2D eigenvalue weighted by Crippen LogP contribution is 2.28. The number of ether oxygens (including phenoxy) is 1. The maximum absolute atomic E-state index is 14.3. The van der Waals surface area contributed by atoms with Gasteiger partial charge in [-0.3, -0.25) is 4.79 Å². The summed E-state index contributed by atoms with van der Waals surface area (Å²) in [5.41, 5.74) is 4.20. The smallest absolute Gasteiger partial charge is 0.229 e. The molecule has 7 heteroatoms. The van der Waals surface area contributed by atoms with Crippen LogP contribution in [0.2, 0.25) is 0 Å². The molecule has 2 aromatic carbocycles. The average molecular weight is 420 g/mol. The summed E-state index contributed by atoms with van der Waals surface area (Å²) in [4.78, 5) is 20.8. The van der Waals surface area contributed by atoms with Crippen LogP contribution < -0.4 is 15.4 Å². The normalized spacial score (nSPS) is 10.5. The van der Waals surface area contributed by atoms with E-state index < -0.39 is 0 Å². The number of anilines is 4. The fourth-order valence-electron chi connectivity index (χ4n) is 3.00. The molecule has 3 aromatic rings. The highest BCUT2D eigenvalue weighted by molar-refractivity contribution is 5.92. The van der Waals surface area contributed by atoms with E-state index in [9.17, 15) is 9.18 Å². The first-order valence-electron chi connectivity index (χ1n) is 9.77. The Morgan fingerprint density at radius 2 is 1.87 bits per heavy atom. The van der Waals surface area contributed by atoms with Crippen LogP contribution in [-0.4, -0.2) is 22.9 Å². The Morgan fingerprint density at radius 1 is 1.10 bits per heavy atom. The minimum Gasteiger partial charge on any atom is -0.497 e. The summed E-state index contributed by atoms with van der Waals surface area (Å²) >= 11 is 0. The monoisotopic (exact) mass is 420 g/mol. The van der Waals surface area contributed by atoms with Gasteiger partial charge in [0.05, 0.1) is 7.11 Å². The lowest BCUT2D eigenvalue weighted by Crippen LogP contribution is -2.07. The van der Waals surface area contributed by atoms with Crippen LogP contribution in [0.5, 0.6) is 5.75 Å². The molecule has 2 N–H and O–H groups in total. The maximum Gasteiger partial charge on any atom is 0.229 e. The zero-order chi connectivity index (χ0) is 22.5. The number of hydrogen-bond acceptors (Lipinski definition) is 6. The molecule has 0 aliphatic heterocycles. The van der Waals surface area contributed by atoms with Gasteiger partial charge in [-0.05, 0) is 55.7 Å². The molecule has 1 heterocycles. The van der Waals surface area contributed by atoms with Gasteiger partial charge >= 0.3 is 0 Å². The molecule has 0 fully saturated rings. The molecule has 31 heavy (non-hydrogen) atoms. The van der Waals surface area contributed by atoms with Crippen LogP contribution in [0.15, 0.2) is 49.2 Å². The Hall–Kier alpha value is -3.74. The molecule has 0 amide bonds. The predicted octanol–water partition coefficient (Wildman–Crippen LogP) is 5.33. The summed E-state index contributed by atoms with van der Waals surface area (Å²) in [5.74, 6) is 1.08. The number of nitrogens with zero attached hydrogens (tertiary/aromatic N) is 2. The van der Waals surface area contributed by atoms with Crippen LogP contribution in [-0.2, 0) is 11.2 Å². The molecule has 6 nitrogen and oxygen atoms in total. The molecular weight excluding hydrogens is 395 g/mol.